The van der Waals surface area contributed by atoms with Crippen LogP contribution in [0.4, 0.5) is 10.5 Å². The first-order valence-electron chi connectivity index (χ1n) is 7.23. The number of rotatable bonds is 7. The van der Waals surface area contributed by atoms with Gasteiger partial charge in [0.1, 0.15) is 0 Å². The normalized spacial score (nSPS) is 10.5. The van der Waals surface area contributed by atoms with Crippen LogP contribution in [0.2, 0.25) is 0 Å². The highest BCUT2D eigenvalue weighted by Gasteiger charge is 2.19. The summed E-state index contributed by atoms with van der Waals surface area (Å²) in [7, 11) is 0. The van der Waals surface area contributed by atoms with Crippen LogP contribution in [0.15, 0.2) is 18.3 Å². The van der Waals surface area contributed by atoms with E-state index in [-0.39, 0.29) is 23.5 Å². The number of urea groups is 1. The van der Waals surface area contributed by atoms with E-state index in [9.17, 15) is 9.59 Å². The first-order chi connectivity index (χ1) is 9.97. The molecule has 0 spiro atoms. The number of carbonyl (C=O) groups excluding carboxylic acids is 1. The summed E-state index contributed by atoms with van der Waals surface area (Å²) >= 11 is 0. The number of unbranched alkanes of at least 4 members (excludes halogenated alkanes) is 2. The molecule has 0 fully saturated rings. The molecule has 0 aliphatic carbocycles. The number of carboxylic acids is 1. The van der Waals surface area contributed by atoms with E-state index < -0.39 is 5.97 Å². The van der Waals surface area contributed by atoms with Crippen molar-refractivity contribution in [2.24, 2.45) is 0 Å². The summed E-state index contributed by atoms with van der Waals surface area (Å²) in [5.74, 6) is -1.16. The number of anilines is 1. The number of amides is 2. The van der Waals surface area contributed by atoms with Crippen molar-refractivity contribution in [3.8, 4) is 0 Å². The van der Waals surface area contributed by atoms with Gasteiger partial charge in [0.15, 0.2) is 5.69 Å². The Labute approximate surface area is 125 Å². The zero-order valence-electron chi connectivity index (χ0n) is 12.8. The molecule has 6 nitrogen and oxygen atoms in total. The Morgan fingerprint density at radius 2 is 2.10 bits per heavy atom. The standard InChI is InChI=1S/C15H23N3O3/c1-4-5-6-10-18(11(2)3)15(21)17-12-8-7-9-16-13(12)14(19)20/h7-9,11H,4-6,10H2,1-3H3,(H,17,21)(H,19,20). The number of aromatic carboxylic acids is 1. The average molecular weight is 293 g/mol. The van der Waals surface area contributed by atoms with Crippen LogP contribution in [-0.2, 0) is 0 Å². The monoisotopic (exact) mass is 293 g/mol. The van der Waals surface area contributed by atoms with Gasteiger partial charge in [0.25, 0.3) is 0 Å². The zero-order valence-corrected chi connectivity index (χ0v) is 12.8. The fourth-order valence-electron chi connectivity index (χ4n) is 1.99. The molecule has 1 rings (SSSR count). The summed E-state index contributed by atoms with van der Waals surface area (Å²) in [5, 5.41) is 11.7. The van der Waals surface area contributed by atoms with Crippen molar-refractivity contribution in [3.05, 3.63) is 24.0 Å². The summed E-state index contributed by atoms with van der Waals surface area (Å²) in [6, 6.07) is 2.89. The second kappa shape index (κ2) is 8.24. The Morgan fingerprint density at radius 3 is 2.67 bits per heavy atom. The van der Waals surface area contributed by atoms with Gasteiger partial charge in [-0.25, -0.2) is 14.6 Å². The maximum atomic E-state index is 12.3. The molecule has 0 radical (unpaired) electrons. The van der Waals surface area contributed by atoms with E-state index >= 15 is 0 Å². The SMILES string of the molecule is CCCCCN(C(=O)Nc1cccnc1C(=O)O)C(C)C. The van der Waals surface area contributed by atoms with Gasteiger partial charge in [-0.3, -0.25) is 0 Å². The molecular formula is C15H23N3O3. The Bertz CT molecular complexity index is 489. The van der Waals surface area contributed by atoms with Crippen molar-refractivity contribution in [2.75, 3.05) is 11.9 Å². The van der Waals surface area contributed by atoms with Gasteiger partial charge in [0, 0.05) is 18.8 Å². The van der Waals surface area contributed by atoms with Crippen LogP contribution in [-0.4, -0.2) is 39.6 Å². The third-order valence-electron chi connectivity index (χ3n) is 3.14. The highest BCUT2D eigenvalue weighted by Crippen LogP contribution is 2.14. The van der Waals surface area contributed by atoms with Crippen LogP contribution < -0.4 is 5.32 Å². The van der Waals surface area contributed by atoms with E-state index in [2.05, 4.69) is 17.2 Å². The predicted molar refractivity (Wildman–Crippen MR) is 81.6 cm³/mol. The Hall–Kier alpha value is -2.11. The lowest BCUT2D eigenvalue weighted by molar-refractivity contribution is 0.0691. The highest BCUT2D eigenvalue weighted by molar-refractivity contribution is 5.98. The van der Waals surface area contributed by atoms with Crippen molar-refractivity contribution in [1.82, 2.24) is 9.88 Å². The summed E-state index contributed by atoms with van der Waals surface area (Å²) < 4.78 is 0. The zero-order chi connectivity index (χ0) is 15.8. The molecule has 2 N–H and O–H groups in total. The van der Waals surface area contributed by atoms with E-state index in [0.29, 0.717) is 6.54 Å². The van der Waals surface area contributed by atoms with Crippen LogP contribution in [0.1, 0.15) is 50.5 Å². The van der Waals surface area contributed by atoms with Gasteiger partial charge >= 0.3 is 12.0 Å². The predicted octanol–water partition coefficient (Wildman–Crippen LogP) is 3.21. The van der Waals surface area contributed by atoms with Gasteiger partial charge in [0.05, 0.1) is 5.69 Å². The largest absolute Gasteiger partial charge is 0.476 e. The lowest BCUT2D eigenvalue weighted by atomic mass is 10.2. The summed E-state index contributed by atoms with van der Waals surface area (Å²) in [6.07, 6.45) is 4.46. The molecule has 0 atom stereocenters. The molecule has 21 heavy (non-hydrogen) atoms. The second-order valence-electron chi connectivity index (χ2n) is 5.13. The number of carboxylic acid groups (broad SMARTS) is 1. The molecule has 0 bridgehead atoms. The van der Waals surface area contributed by atoms with Gasteiger partial charge in [-0.15, -0.1) is 0 Å². The summed E-state index contributed by atoms with van der Waals surface area (Å²) in [4.78, 5) is 28.9. The third-order valence-corrected chi connectivity index (χ3v) is 3.14. The van der Waals surface area contributed by atoms with Crippen LogP contribution in [0.5, 0.6) is 0 Å². The molecule has 0 aliphatic rings. The highest BCUT2D eigenvalue weighted by atomic mass is 16.4. The van der Waals surface area contributed by atoms with Gasteiger partial charge in [0.2, 0.25) is 0 Å². The van der Waals surface area contributed by atoms with Crippen molar-refractivity contribution in [2.45, 2.75) is 46.1 Å². The number of nitrogens with zero attached hydrogens (tertiary/aromatic N) is 2. The number of carbonyl (C=O) groups is 2. The van der Waals surface area contributed by atoms with Gasteiger partial charge in [-0.1, -0.05) is 19.8 Å². The minimum absolute atomic E-state index is 0.0480. The van der Waals surface area contributed by atoms with Gasteiger partial charge < -0.3 is 15.3 Å². The maximum absolute atomic E-state index is 12.3. The number of aromatic nitrogens is 1. The molecule has 6 heteroatoms. The van der Waals surface area contributed by atoms with Crippen LogP contribution >= 0.6 is 0 Å². The molecular weight excluding hydrogens is 270 g/mol. The summed E-state index contributed by atoms with van der Waals surface area (Å²) in [5.41, 5.74) is 0.0688. The lowest BCUT2D eigenvalue weighted by Crippen LogP contribution is -2.41. The maximum Gasteiger partial charge on any atom is 0.356 e. The number of nitrogens with one attached hydrogen (secondary N) is 1. The van der Waals surface area contributed by atoms with Crippen LogP contribution in [0.3, 0.4) is 0 Å². The van der Waals surface area contributed by atoms with Crippen molar-refractivity contribution < 1.29 is 14.7 Å². The van der Waals surface area contributed by atoms with Crippen molar-refractivity contribution in [3.63, 3.8) is 0 Å². The third kappa shape index (κ3) is 5.06. The topological polar surface area (TPSA) is 82.5 Å². The molecule has 1 aromatic rings. The van der Waals surface area contributed by atoms with E-state index in [1.165, 1.54) is 6.20 Å². The Balaban J connectivity index is 2.79. The molecule has 0 unspecified atom stereocenters. The van der Waals surface area contributed by atoms with E-state index in [1.54, 1.807) is 17.0 Å². The smallest absolute Gasteiger partial charge is 0.356 e. The number of hydrogen-bond acceptors (Lipinski definition) is 3. The Morgan fingerprint density at radius 1 is 1.38 bits per heavy atom. The molecule has 0 saturated heterocycles. The number of hydrogen-bond donors (Lipinski definition) is 2. The molecule has 0 aliphatic heterocycles. The van der Waals surface area contributed by atoms with Gasteiger partial charge in [-0.2, -0.15) is 0 Å². The average Bonchev–Trinajstić information content (AvgIpc) is 2.43. The minimum Gasteiger partial charge on any atom is -0.476 e. The van der Waals surface area contributed by atoms with E-state index in [1.807, 2.05) is 13.8 Å². The fourth-order valence-corrected chi connectivity index (χ4v) is 1.99. The minimum atomic E-state index is -1.16. The molecule has 0 saturated carbocycles. The van der Waals surface area contributed by atoms with Crippen LogP contribution in [0.25, 0.3) is 0 Å². The molecule has 116 valence electrons. The second-order valence-corrected chi connectivity index (χ2v) is 5.13. The number of pyridine rings is 1. The lowest BCUT2D eigenvalue weighted by Gasteiger charge is -2.27. The molecule has 2 amide bonds. The first kappa shape index (κ1) is 16.9. The quantitative estimate of drug-likeness (QED) is 0.756. The molecule has 1 heterocycles. The van der Waals surface area contributed by atoms with Crippen molar-refractivity contribution in [1.29, 1.82) is 0 Å². The van der Waals surface area contributed by atoms with E-state index in [4.69, 9.17) is 5.11 Å². The van der Waals surface area contributed by atoms with Gasteiger partial charge in [-0.05, 0) is 32.4 Å². The van der Waals surface area contributed by atoms with E-state index in [0.717, 1.165) is 19.3 Å². The Kier molecular flexibility index (Phi) is 6.65. The fraction of sp³-hybridized carbons (Fsp3) is 0.533. The first-order valence-corrected chi connectivity index (χ1v) is 7.23. The van der Waals surface area contributed by atoms with Crippen molar-refractivity contribution >= 4 is 17.7 Å². The summed E-state index contributed by atoms with van der Waals surface area (Å²) in [6.45, 7) is 6.63. The molecule has 0 aromatic carbocycles. The molecule has 1 aromatic heterocycles. The van der Waals surface area contributed by atoms with Crippen LogP contribution in [0, 0.1) is 0 Å².